The van der Waals surface area contributed by atoms with E-state index >= 15 is 0 Å². The highest BCUT2D eigenvalue weighted by Gasteiger charge is 2.49. The molecule has 2 amide bonds. The Balaban J connectivity index is 1.72. The van der Waals surface area contributed by atoms with Gasteiger partial charge >= 0.3 is 0 Å². The van der Waals surface area contributed by atoms with Crippen molar-refractivity contribution >= 4 is 11.8 Å². The molecule has 34 heavy (non-hydrogen) atoms. The van der Waals surface area contributed by atoms with Crippen LogP contribution >= 0.6 is 0 Å². The molecule has 1 aromatic carbocycles. The van der Waals surface area contributed by atoms with Gasteiger partial charge in [0, 0.05) is 17.0 Å². The zero-order chi connectivity index (χ0) is 24.5. The van der Waals surface area contributed by atoms with E-state index in [4.69, 9.17) is 9.84 Å². The first-order valence-electron chi connectivity index (χ1n) is 12.6. The minimum Gasteiger partial charge on any atom is -0.494 e. The van der Waals surface area contributed by atoms with Crippen LogP contribution in [-0.4, -0.2) is 44.7 Å². The molecule has 1 atom stereocenters. The number of nitrogens with one attached hydrogen (secondary N) is 1. The Morgan fingerprint density at radius 3 is 2.59 bits per heavy atom. The van der Waals surface area contributed by atoms with Gasteiger partial charge in [-0.05, 0) is 38.8 Å². The van der Waals surface area contributed by atoms with Crippen molar-refractivity contribution in [1.82, 2.24) is 20.0 Å². The van der Waals surface area contributed by atoms with E-state index in [1.165, 1.54) is 6.42 Å². The summed E-state index contributed by atoms with van der Waals surface area (Å²) in [6.07, 6.45) is 5.46. The highest BCUT2D eigenvalue weighted by molar-refractivity contribution is 5.99. The molecule has 1 N–H and O–H groups in total. The fourth-order valence-electron chi connectivity index (χ4n) is 4.94. The minimum atomic E-state index is -1.07. The number of benzene rings is 1. The van der Waals surface area contributed by atoms with Crippen LogP contribution in [0.3, 0.4) is 0 Å². The van der Waals surface area contributed by atoms with Gasteiger partial charge in [0.25, 0.3) is 5.91 Å². The van der Waals surface area contributed by atoms with Gasteiger partial charge in [-0.25, -0.2) is 0 Å². The Bertz CT molecular complexity index is 1050. The van der Waals surface area contributed by atoms with Gasteiger partial charge < -0.3 is 15.0 Å². The molecule has 4 rings (SSSR count). The van der Waals surface area contributed by atoms with E-state index in [0.29, 0.717) is 25.4 Å². The van der Waals surface area contributed by atoms with Gasteiger partial charge in [0.2, 0.25) is 5.91 Å². The van der Waals surface area contributed by atoms with Crippen molar-refractivity contribution < 1.29 is 14.3 Å². The van der Waals surface area contributed by atoms with Crippen molar-refractivity contribution in [2.24, 2.45) is 0 Å². The number of hydrogen-bond donors (Lipinski definition) is 1. The lowest BCUT2D eigenvalue weighted by atomic mass is 9.90. The van der Waals surface area contributed by atoms with Crippen molar-refractivity contribution in [1.29, 1.82) is 0 Å². The molecule has 2 aliphatic rings. The Hall–Kier alpha value is -2.83. The molecular weight excluding hydrogens is 428 g/mol. The number of nitrogens with zero attached hydrogens (tertiary/aromatic N) is 3. The molecule has 0 radical (unpaired) electrons. The second kappa shape index (κ2) is 9.43. The van der Waals surface area contributed by atoms with Gasteiger partial charge in [-0.3, -0.25) is 14.3 Å². The van der Waals surface area contributed by atoms with Crippen LogP contribution in [0, 0.1) is 0 Å². The smallest absolute Gasteiger partial charge is 0.273 e. The number of ether oxygens (including phenoxy) is 1. The van der Waals surface area contributed by atoms with Gasteiger partial charge in [-0.2, -0.15) is 5.10 Å². The lowest BCUT2D eigenvalue weighted by Crippen LogP contribution is -2.64. The number of para-hydroxylation sites is 1. The summed E-state index contributed by atoms with van der Waals surface area (Å²) in [4.78, 5) is 29.4. The van der Waals surface area contributed by atoms with Crippen LogP contribution < -0.4 is 10.1 Å². The third-order valence-corrected chi connectivity index (χ3v) is 7.10. The van der Waals surface area contributed by atoms with Crippen LogP contribution in [0.2, 0.25) is 0 Å². The largest absolute Gasteiger partial charge is 0.494 e. The number of carbonyl (C=O) groups excluding carboxylic acids is 2. The molecule has 1 aliphatic carbocycles. The number of rotatable bonds is 6. The normalized spacial score (nSPS) is 21.3. The summed E-state index contributed by atoms with van der Waals surface area (Å²) >= 11 is 0. The van der Waals surface area contributed by atoms with Crippen LogP contribution in [0.25, 0.3) is 0 Å². The summed E-state index contributed by atoms with van der Waals surface area (Å²) in [5.74, 6) is 0.448. The summed E-state index contributed by atoms with van der Waals surface area (Å²) < 4.78 is 7.56. The first kappa shape index (κ1) is 24.3. The lowest BCUT2D eigenvalue weighted by Gasteiger charge is -2.44. The van der Waals surface area contributed by atoms with Gasteiger partial charge in [-0.15, -0.1) is 0 Å². The SMILES string of the molecule is CCOc1ccccc1CN1C(=O)c2cc(C(C)(C)C)nn2C[C@]1(C)C(=O)NC1CCCCC1. The van der Waals surface area contributed by atoms with E-state index in [1.807, 2.05) is 44.2 Å². The number of amides is 2. The topological polar surface area (TPSA) is 76.5 Å². The van der Waals surface area contributed by atoms with Gasteiger partial charge in [0.05, 0.1) is 25.4 Å². The Morgan fingerprint density at radius 2 is 1.91 bits per heavy atom. The Labute approximate surface area is 202 Å². The quantitative estimate of drug-likeness (QED) is 0.683. The highest BCUT2D eigenvalue weighted by atomic mass is 16.5. The van der Waals surface area contributed by atoms with Gasteiger partial charge in [0.15, 0.2) is 0 Å². The molecule has 7 nitrogen and oxygen atoms in total. The third-order valence-electron chi connectivity index (χ3n) is 7.10. The Morgan fingerprint density at radius 1 is 1.21 bits per heavy atom. The average Bonchev–Trinajstić information content (AvgIpc) is 3.23. The van der Waals surface area contributed by atoms with Crippen molar-refractivity contribution in [3.63, 3.8) is 0 Å². The first-order chi connectivity index (χ1) is 16.1. The summed E-state index contributed by atoms with van der Waals surface area (Å²) in [6, 6.07) is 9.77. The minimum absolute atomic E-state index is 0.111. The summed E-state index contributed by atoms with van der Waals surface area (Å²) in [5.41, 5.74) is 1.00. The van der Waals surface area contributed by atoms with Crippen LogP contribution in [0.4, 0.5) is 0 Å². The zero-order valence-corrected chi connectivity index (χ0v) is 21.2. The van der Waals surface area contributed by atoms with E-state index in [1.54, 1.807) is 9.58 Å². The van der Waals surface area contributed by atoms with E-state index < -0.39 is 5.54 Å². The van der Waals surface area contributed by atoms with E-state index in [2.05, 4.69) is 26.1 Å². The monoisotopic (exact) mass is 466 g/mol. The molecule has 1 saturated carbocycles. The third kappa shape index (κ3) is 4.70. The fourth-order valence-corrected chi connectivity index (χ4v) is 4.94. The van der Waals surface area contributed by atoms with E-state index in [-0.39, 0.29) is 23.3 Å². The second-order valence-corrected chi connectivity index (χ2v) is 10.8. The Kier molecular flexibility index (Phi) is 6.74. The van der Waals surface area contributed by atoms with Gasteiger partial charge in [-0.1, -0.05) is 58.2 Å². The molecule has 1 fully saturated rings. The zero-order valence-electron chi connectivity index (χ0n) is 21.2. The average molecular weight is 467 g/mol. The summed E-state index contributed by atoms with van der Waals surface area (Å²) in [7, 11) is 0. The van der Waals surface area contributed by atoms with Crippen LogP contribution in [-0.2, 0) is 23.3 Å². The van der Waals surface area contributed by atoms with E-state index in [0.717, 1.165) is 42.7 Å². The summed E-state index contributed by atoms with van der Waals surface area (Å²) in [6.45, 7) is 11.2. The maximum Gasteiger partial charge on any atom is 0.273 e. The molecule has 0 bridgehead atoms. The molecule has 0 unspecified atom stereocenters. The van der Waals surface area contributed by atoms with Crippen molar-refractivity contribution in [2.45, 2.75) is 96.8 Å². The van der Waals surface area contributed by atoms with Crippen LogP contribution in [0.15, 0.2) is 30.3 Å². The predicted molar refractivity (Wildman–Crippen MR) is 132 cm³/mol. The second-order valence-electron chi connectivity index (χ2n) is 10.8. The van der Waals surface area contributed by atoms with Crippen LogP contribution in [0.1, 0.15) is 88.5 Å². The molecule has 1 aromatic heterocycles. The van der Waals surface area contributed by atoms with Crippen molar-refractivity contribution in [3.8, 4) is 5.75 Å². The van der Waals surface area contributed by atoms with Crippen LogP contribution in [0.5, 0.6) is 5.75 Å². The maximum absolute atomic E-state index is 13.9. The van der Waals surface area contributed by atoms with Crippen molar-refractivity contribution in [3.05, 3.63) is 47.3 Å². The fraction of sp³-hybridized carbons (Fsp3) is 0.593. The molecular formula is C27H38N4O3. The molecule has 2 aromatic rings. The number of carbonyl (C=O) groups is 2. The predicted octanol–water partition coefficient (Wildman–Crippen LogP) is 4.44. The first-order valence-corrected chi connectivity index (χ1v) is 12.6. The van der Waals surface area contributed by atoms with Crippen molar-refractivity contribution in [2.75, 3.05) is 6.61 Å². The number of hydrogen-bond acceptors (Lipinski definition) is 4. The number of fused-ring (bicyclic) bond motifs is 1. The highest BCUT2D eigenvalue weighted by Crippen LogP contribution is 2.33. The molecule has 1 aliphatic heterocycles. The molecule has 2 heterocycles. The molecule has 0 spiro atoms. The summed E-state index contributed by atoms with van der Waals surface area (Å²) in [5, 5.41) is 8.02. The van der Waals surface area contributed by atoms with Gasteiger partial charge in [0.1, 0.15) is 17.0 Å². The lowest BCUT2D eigenvalue weighted by molar-refractivity contribution is -0.134. The maximum atomic E-state index is 13.9. The molecule has 184 valence electrons. The standard InChI is InChI=1S/C27H38N4O3/c1-6-34-22-15-11-10-12-19(22)17-30-24(32)21-16-23(26(2,3)4)29-31(21)18-27(30,5)25(33)28-20-13-8-7-9-14-20/h10-12,15-16,20H,6-9,13-14,17-18H2,1-5H3,(H,28,33)/t27-/m1/s1. The molecule has 7 heteroatoms. The molecule has 0 saturated heterocycles. The van der Waals surface area contributed by atoms with E-state index in [9.17, 15) is 9.59 Å². The number of aromatic nitrogens is 2.